The number of ketones is 1. The zero-order chi connectivity index (χ0) is 15.6. The van der Waals surface area contributed by atoms with Gasteiger partial charge in [0.05, 0.1) is 0 Å². The first-order chi connectivity index (χ1) is 9.79. The van der Waals surface area contributed by atoms with Gasteiger partial charge in [0.15, 0.2) is 5.78 Å². The van der Waals surface area contributed by atoms with Crippen molar-refractivity contribution in [3.63, 3.8) is 0 Å². The number of carbonyl (C=O) groups is 2. The Bertz CT molecular complexity index is 554. The van der Waals surface area contributed by atoms with Crippen molar-refractivity contribution < 1.29 is 9.59 Å². The van der Waals surface area contributed by atoms with E-state index in [9.17, 15) is 9.59 Å². The summed E-state index contributed by atoms with van der Waals surface area (Å²) >= 11 is 0. The number of rotatable bonds is 2. The van der Waals surface area contributed by atoms with Gasteiger partial charge < -0.3 is 10.2 Å². The van der Waals surface area contributed by atoms with E-state index in [0.717, 1.165) is 6.54 Å². The Labute approximate surface area is 125 Å². The van der Waals surface area contributed by atoms with Crippen molar-refractivity contribution in [2.24, 2.45) is 0 Å². The average molecular weight is 289 g/mol. The molecule has 1 saturated heterocycles. The van der Waals surface area contributed by atoms with Crippen LogP contribution < -0.4 is 5.32 Å². The molecule has 1 aliphatic rings. The SMILES string of the molecule is CC(=O)c1cccc(NC(=O)N2CCN(C)C(C)(C)C2)c1. The normalized spacial score (nSPS) is 18.4. The van der Waals surface area contributed by atoms with Crippen LogP contribution in [0.4, 0.5) is 10.5 Å². The Hall–Kier alpha value is -1.88. The number of amides is 2. The second kappa shape index (κ2) is 5.85. The number of anilines is 1. The molecule has 1 aromatic rings. The number of nitrogens with one attached hydrogen (secondary N) is 1. The van der Waals surface area contributed by atoms with Crippen molar-refractivity contribution >= 4 is 17.5 Å². The van der Waals surface area contributed by atoms with Crippen LogP contribution in [0.2, 0.25) is 0 Å². The van der Waals surface area contributed by atoms with E-state index in [4.69, 9.17) is 0 Å². The number of Topliss-reactive ketones (excluding diaryl/α,β-unsaturated/α-hetero) is 1. The van der Waals surface area contributed by atoms with Crippen LogP contribution in [0.5, 0.6) is 0 Å². The van der Waals surface area contributed by atoms with E-state index >= 15 is 0 Å². The molecular weight excluding hydrogens is 266 g/mol. The van der Waals surface area contributed by atoms with E-state index in [-0.39, 0.29) is 17.4 Å². The van der Waals surface area contributed by atoms with E-state index in [1.807, 2.05) is 4.90 Å². The van der Waals surface area contributed by atoms with Gasteiger partial charge in [-0.15, -0.1) is 0 Å². The number of likely N-dealkylation sites (N-methyl/N-ethyl adjacent to an activating group) is 1. The summed E-state index contributed by atoms with van der Waals surface area (Å²) in [5, 5.41) is 2.88. The summed E-state index contributed by atoms with van der Waals surface area (Å²) in [6, 6.07) is 6.92. The minimum absolute atomic E-state index is 0.00757. The predicted molar refractivity (Wildman–Crippen MR) is 83.7 cm³/mol. The maximum Gasteiger partial charge on any atom is 0.321 e. The van der Waals surface area contributed by atoms with Crippen LogP contribution in [-0.2, 0) is 0 Å². The third-order valence-corrected chi connectivity index (χ3v) is 4.12. The maximum atomic E-state index is 12.4. The molecule has 114 valence electrons. The number of hydrogen-bond acceptors (Lipinski definition) is 3. The van der Waals surface area contributed by atoms with E-state index in [2.05, 4.69) is 31.1 Å². The zero-order valence-corrected chi connectivity index (χ0v) is 13.1. The van der Waals surface area contributed by atoms with E-state index in [1.54, 1.807) is 24.3 Å². The van der Waals surface area contributed by atoms with Gasteiger partial charge in [0, 0.05) is 36.4 Å². The molecule has 5 heteroatoms. The zero-order valence-electron chi connectivity index (χ0n) is 13.1. The van der Waals surface area contributed by atoms with Gasteiger partial charge in [-0.3, -0.25) is 9.69 Å². The van der Waals surface area contributed by atoms with Crippen LogP contribution in [0.3, 0.4) is 0 Å². The first-order valence-electron chi connectivity index (χ1n) is 7.18. The second-order valence-electron chi connectivity index (χ2n) is 6.22. The van der Waals surface area contributed by atoms with Gasteiger partial charge in [-0.2, -0.15) is 0 Å². The minimum atomic E-state index is -0.114. The molecule has 1 fully saturated rings. The molecule has 0 spiro atoms. The molecule has 0 aliphatic carbocycles. The molecular formula is C16H23N3O2. The van der Waals surface area contributed by atoms with Crippen molar-refractivity contribution in [2.45, 2.75) is 26.3 Å². The van der Waals surface area contributed by atoms with Gasteiger partial charge in [-0.05, 0) is 40.0 Å². The topological polar surface area (TPSA) is 52.7 Å². The fourth-order valence-electron chi connectivity index (χ4n) is 2.43. The lowest BCUT2D eigenvalue weighted by atomic mass is 10.00. The second-order valence-corrected chi connectivity index (χ2v) is 6.22. The standard InChI is InChI=1S/C16H23N3O2/c1-12(20)13-6-5-7-14(10-13)17-15(21)19-9-8-18(4)16(2,3)11-19/h5-7,10H,8-9,11H2,1-4H3,(H,17,21). The van der Waals surface area contributed by atoms with Gasteiger partial charge in [0.2, 0.25) is 0 Å². The summed E-state index contributed by atoms with van der Waals surface area (Å²) in [5.74, 6) is -0.00757. The van der Waals surface area contributed by atoms with Gasteiger partial charge in [0.1, 0.15) is 0 Å². The Morgan fingerprint density at radius 1 is 1.24 bits per heavy atom. The van der Waals surface area contributed by atoms with Crippen molar-refractivity contribution in [2.75, 3.05) is 32.0 Å². The molecule has 2 amide bonds. The molecule has 1 aliphatic heterocycles. The van der Waals surface area contributed by atoms with Crippen LogP contribution in [0.1, 0.15) is 31.1 Å². The maximum absolute atomic E-state index is 12.4. The van der Waals surface area contributed by atoms with E-state index in [1.165, 1.54) is 6.92 Å². The van der Waals surface area contributed by atoms with Gasteiger partial charge in [-0.25, -0.2) is 4.79 Å². The highest BCUT2D eigenvalue weighted by Gasteiger charge is 2.33. The van der Waals surface area contributed by atoms with Crippen molar-refractivity contribution in [3.05, 3.63) is 29.8 Å². The van der Waals surface area contributed by atoms with E-state index < -0.39 is 0 Å². The highest BCUT2D eigenvalue weighted by atomic mass is 16.2. The fraction of sp³-hybridized carbons (Fsp3) is 0.500. The molecule has 1 N–H and O–H groups in total. The molecule has 0 aromatic heterocycles. The smallest absolute Gasteiger partial charge is 0.321 e. The summed E-state index contributed by atoms with van der Waals surface area (Å²) in [4.78, 5) is 27.8. The molecule has 0 radical (unpaired) electrons. The quantitative estimate of drug-likeness (QED) is 0.851. The van der Waals surface area contributed by atoms with Crippen LogP contribution in [0, 0.1) is 0 Å². The van der Waals surface area contributed by atoms with Crippen LogP contribution in [-0.4, -0.2) is 53.8 Å². The lowest BCUT2D eigenvalue weighted by Gasteiger charge is -2.45. The third kappa shape index (κ3) is 3.61. The average Bonchev–Trinajstić information content (AvgIpc) is 2.42. The Balaban J connectivity index is 2.05. The minimum Gasteiger partial charge on any atom is -0.321 e. The van der Waals surface area contributed by atoms with Crippen LogP contribution in [0.15, 0.2) is 24.3 Å². The molecule has 5 nitrogen and oxygen atoms in total. The largest absolute Gasteiger partial charge is 0.321 e. The summed E-state index contributed by atoms with van der Waals surface area (Å²) in [7, 11) is 2.07. The number of carbonyl (C=O) groups excluding carboxylic acids is 2. The molecule has 0 bridgehead atoms. The summed E-state index contributed by atoms with van der Waals surface area (Å²) < 4.78 is 0. The Morgan fingerprint density at radius 2 is 1.95 bits per heavy atom. The highest BCUT2D eigenvalue weighted by molar-refractivity contribution is 5.96. The molecule has 0 saturated carbocycles. The van der Waals surface area contributed by atoms with Crippen molar-refractivity contribution in [3.8, 4) is 0 Å². The highest BCUT2D eigenvalue weighted by Crippen LogP contribution is 2.20. The molecule has 0 unspecified atom stereocenters. The molecule has 2 rings (SSSR count). The number of piperazine rings is 1. The lowest BCUT2D eigenvalue weighted by molar-refractivity contribution is 0.0608. The van der Waals surface area contributed by atoms with Gasteiger partial charge in [0.25, 0.3) is 0 Å². The Morgan fingerprint density at radius 3 is 2.57 bits per heavy atom. The number of nitrogens with zero attached hydrogens (tertiary/aromatic N) is 2. The first kappa shape index (κ1) is 15.5. The molecule has 0 atom stereocenters. The van der Waals surface area contributed by atoms with E-state index in [0.29, 0.717) is 24.3 Å². The summed E-state index contributed by atoms with van der Waals surface area (Å²) in [5.41, 5.74) is 1.23. The Kier molecular flexibility index (Phi) is 4.32. The van der Waals surface area contributed by atoms with Gasteiger partial charge in [-0.1, -0.05) is 12.1 Å². The molecule has 21 heavy (non-hydrogen) atoms. The van der Waals surface area contributed by atoms with Crippen LogP contribution >= 0.6 is 0 Å². The number of urea groups is 1. The molecule has 1 aromatic carbocycles. The van der Waals surface area contributed by atoms with Crippen molar-refractivity contribution in [1.82, 2.24) is 9.80 Å². The number of benzene rings is 1. The van der Waals surface area contributed by atoms with Crippen molar-refractivity contribution in [1.29, 1.82) is 0 Å². The summed E-state index contributed by atoms with van der Waals surface area (Å²) in [6.07, 6.45) is 0. The monoisotopic (exact) mass is 289 g/mol. The molecule has 1 heterocycles. The van der Waals surface area contributed by atoms with Gasteiger partial charge >= 0.3 is 6.03 Å². The fourth-order valence-corrected chi connectivity index (χ4v) is 2.43. The summed E-state index contributed by atoms with van der Waals surface area (Å²) in [6.45, 7) is 8.02. The number of hydrogen-bond donors (Lipinski definition) is 1. The first-order valence-corrected chi connectivity index (χ1v) is 7.18. The lowest BCUT2D eigenvalue weighted by Crippen LogP contribution is -2.59. The van der Waals surface area contributed by atoms with Crippen LogP contribution in [0.25, 0.3) is 0 Å². The third-order valence-electron chi connectivity index (χ3n) is 4.12. The predicted octanol–water partition coefficient (Wildman–Crippen LogP) is 2.45.